The number of halogens is 1. The molecule has 0 fully saturated rings. The zero-order valence-electron chi connectivity index (χ0n) is 4.95. The van der Waals surface area contributed by atoms with Crippen molar-refractivity contribution in [2.45, 2.75) is 0 Å². The van der Waals surface area contributed by atoms with Crippen LogP contribution < -0.4 is 0 Å². The number of nitrogens with zero attached hydrogens (tertiary/aromatic N) is 3. The minimum Gasteiger partial charge on any atom is -0.328 e. The summed E-state index contributed by atoms with van der Waals surface area (Å²) in [5.41, 5.74) is 0. The molecule has 0 saturated heterocycles. The highest BCUT2D eigenvalue weighted by atomic mass is 35.5. The van der Waals surface area contributed by atoms with E-state index in [1.54, 1.807) is 0 Å². The standard InChI is InChI=1S/C5H4ClN4/c1-7-4(6)2-5-8-3-9-10-5/h1-3H,(H,8,9,10)/q+1/b4-2-. The van der Waals surface area contributed by atoms with Crippen molar-refractivity contribution < 1.29 is 0 Å². The van der Waals surface area contributed by atoms with E-state index in [1.165, 1.54) is 12.4 Å². The van der Waals surface area contributed by atoms with Crippen molar-refractivity contribution in [3.8, 4) is 6.57 Å². The van der Waals surface area contributed by atoms with Gasteiger partial charge in [0.15, 0.2) is 5.82 Å². The van der Waals surface area contributed by atoms with Crippen molar-refractivity contribution >= 4 is 17.7 Å². The van der Waals surface area contributed by atoms with Gasteiger partial charge in [-0.25, -0.2) is 0 Å². The van der Waals surface area contributed by atoms with Gasteiger partial charge in [-0.1, -0.05) is 0 Å². The Hall–Kier alpha value is -1.34. The third-order valence-corrected chi connectivity index (χ3v) is 1.02. The monoisotopic (exact) mass is 155 g/mol. The molecule has 0 amide bonds. The zero-order chi connectivity index (χ0) is 7.40. The molecule has 0 aromatic carbocycles. The van der Waals surface area contributed by atoms with Crippen molar-refractivity contribution in [1.29, 1.82) is 0 Å². The fourth-order valence-corrected chi connectivity index (χ4v) is 0.539. The molecule has 0 saturated carbocycles. The van der Waals surface area contributed by atoms with E-state index in [-0.39, 0.29) is 5.16 Å². The molecule has 1 heterocycles. The van der Waals surface area contributed by atoms with Crippen molar-refractivity contribution in [3.63, 3.8) is 0 Å². The quantitative estimate of drug-likeness (QED) is 0.622. The Morgan fingerprint density at radius 1 is 1.90 bits per heavy atom. The molecule has 1 aromatic heterocycles. The maximum atomic E-state index is 5.44. The van der Waals surface area contributed by atoms with E-state index in [2.05, 4.69) is 20.0 Å². The van der Waals surface area contributed by atoms with Gasteiger partial charge >= 0.3 is 5.16 Å². The summed E-state index contributed by atoms with van der Waals surface area (Å²) in [5, 5.41) is 7.32. The molecule has 0 unspecified atom stereocenters. The van der Waals surface area contributed by atoms with E-state index in [0.717, 1.165) is 0 Å². The molecule has 0 atom stereocenters. The molecular formula is C5H4ClN4+. The van der Waals surface area contributed by atoms with Crippen molar-refractivity contribution in [2.75, 3.05) is 0 Å². The molecule has 1 aromatic rings. The summed E-state index contributed by atoms with van der Waals surface area (Å²) in [6.45, 7) is 4.85. The van der Waals surface area contributed by atoms with Crippen LogP contribution >= 0.6 is 11.6 Å². The normalized spacial score (nSPS) is 11.0. The van der Waals surface area contributed by atoms with Gasteiger partial charge in [-0.05, 0) is 4.85 Å². The topological polar surface area (TPSA) is 45.9 Å². The first-order valence-electron chi connectivity index (χ1n) is 2.47. The lowest BCUT2D eigenvalue weighted by Gasteiger charge is -1.72. The van der Waals surface area contributed by atoms with Crippen LogP contribution in [0.15, 0.2) is 11.5 Å². The van der Waals surface area contributed by atoms with E-state index in [4.69, 9.17) is 18.2 Å². The van der Waals surface area contributed by atoms with Crippen LogP contribution in [0.3, 0.4) is 0 Å². The average molecular weight is 156 g/mol. The Kier molecular flexibility index (Phi) is 2.03. The van der Waals surface area contributed by atoms with Crippen molar-refractivity contribution in [1.82, 2.24) is 15.2 Å². The van der Waals surface area contributed by atoms with Gasteiger partial charge in [-0.2, -0.15) is 0 Å². The van der Waals surface area contributed by atoms with Gasteiger partial charge in [-0.3, -0.25) is 0 Å². The maximum Gasteiger partial charge on any atom is 0.412 e. The molecule has 0 aliphatic rings. The van der Waals surface area contributed by atoms with Gasteiger partial charge in [0.05, 0.1) is 6.08 Å². The van der Waals surface area contributed by atoms with E-state index in [9.17, 15) is 0 Å². The fourth-order valence-electron chi connectivity index (χ4n) is 0.436. The van der Waals surface area contributed by atoms with Gasteiger partial charge < -0.3 is 4.98 Å². The highest BCUT2D eigenvalue weighted by Gasteiger charge is 2.00. The first-order chi connectivity index (χ1) is 4.83. The zero-order valence-corrected chi connectivity index (χ0v) is 5.71. The average Bonchev–Trinajstić information content (AvgIpc) is 2.40. The summed E-state index contributed by atoms with van der Waals surface area (Å²) in [4.78, 5) is 5.91. The molecule has 0 aliphatic carbocycles. The summed E-state index contributed by atoms with van der Waals surface area (Å²) < 4.78 is 0. The smallest absolute Gasteiger partial charge is 0.328 e. The third-order valence-electron chi connectivity index (χ3n) is 0.815. The number of nitrogens with one attached hydrogen (secondary N) is 1. The molecule has 4 nitrogen and oxygen atoms in total. The second kappa shape index (κ2) is 2.99. The van der Waals surface area contributed by atoms with Crippen LogP contribution in [0.1, 0.15) is 5.82 Å². The van der Waals surface area contributed by atoms with Gasteiger partial charge in [0.2, 0.25) is 0 Å². The fraction of sp³-hybridized carbons (Fsp3) is 0. The Morgan fingerprint density at radius 3 is 3.20 bits per heavy atom. The largest absolute Gasteiger partial charge is 0.412 e. The first-order valence-corrected chi connectivity index (χ1v) is 2.85. The summed E-state index contributed by atoms with van der Waals surface area (Å²) in [6, 6.07) is 0. The molecule has 0 bridgehead atoms. The van der Waals surface area contributed by atoms with Crippen LogP contribution in [0, 0.1) is 6.57 Å². The Labute approximate surface area is 62.4 Å². The van der Waals surface area contributed by atoms with Crippen molar-refractivity contribution in [2.24, 2.45) is 0 Å². The molecule has 1 N–H and O–H groups in total. The van der Waals surface area contributed by atoms with Gasteiger partial charge in [0.1, 0.15) is 6.33 Å². The lowest BCUT2D eigenvalue weighted by atomic mass is 10.6. The highest BCUT2D eigenvalue weighted by Crippen LogP contribution is 2.05. The van der Waals surface area contributed by atoms with E-state index in [0.29, 0.717) is 5.82 Å². The second-order valence-corrected chi connectivity index (χ2v) is 1.86. The maximum absolute atomic E-state index is 5.44. The minimum atomic E-state index is 0.178. The van der Waals surface area contributed by atoms with Crippen LogP contribution in [-0.2, 0) is 0 Å². The van der Waals surface area contributed by atoms with Crippen LogP contribution in [0.2, 0.25) is 0 Å². The van der Waals surface area contributed by atoms with Crippen LogP contribution in [-0.4, -0.2) is 15.2 Å². The summed E-state index contributed by atoms with van der Waals surface area (Å²) in [5.74, 6) is 0.527. The number of hydrogen-bond donors (Lipinski definition) is 1. The van der Waals surface area contributed by atoms with Crippen LogP contribution in [0.4, 0.5) is 0 Å². The predicted molar refractivity (Wildman–Crippen MR) is 38.5 cm³/mol. The molecule has 0 aliphatic heterocycles. The Balaban J connectivity index is 2.83. The third kappa shape index (κ3) is 1.57. The molecule has 50 valence electrons. The molecule has 1 rings (SSSR count). The summed E-state index contributed by atoms with van der Waals surface area (Å²) >= 11 is 5.44. The number of H-pyrrole nitrogens is 1. The lowest BCUT2D eigenvalue weighted by molar-refractivity contribution is 1.08. The Morgan fingerprint density at radius 2 is 2.70 bits per heavy atom. The predicted octanol–water partition coefficient (Wildman–Crippen LogP) is 1.30. The van der Waals surface area contributed by atoms with E-state index < -0.39 is 0 Å². The van der Waals surface area contributed by atoms with Gasteiger partial charge in [0.25, 0.3) is 6.57 Å². The SMILES string of the molecule is C#[N+]/C(Cl)=C\c1nnc[nH]1. The minimum absolute atomic E-state index is 0.178. The molecule has 10 heavy (non-hydrogen) atoms. The molecular weight excluding hydrogens is 152 g/mol. The van der Waals surface area contributed by atoms with Crippen molar-refractivity contribution in [3.05, 3.63) is 22.2 Å². The number of rotatable bonds is 1. The molecule has 0 radical (unpaired) electrons. The van der Waals surface area contributed by atoms with Crippen LogP contribution in [0.25, 0.3) is 10.9 Å². The number of aromatic nitrogens is 3. The van der Waals surface area contributed by atoms with E-state index >= 15 is 0 Å². The van der Waals surface area contributed by atoms with Gasteiger partial charge in [0, 0.05) is 11.6 Å². The van der Waals surface area contributed by atoms with E-state index in [1.807, 2.05) is 0 Å². The highest BCUT2D eigenvalue weighted by molar-refractivity contribution is 6.32. The number of aromatic amines is 1. The molecule has 5 heteroatoms. The first kappa shape index (κ1) is 6.78. The lowest BCUT2D eigenvalue weighted by Crippen LogP contribution is -1.73. The Bertz CT molecular complexity index is 268. The second-order valence-electron chi connectivity index (χ2n) is 1.47. The number of hydrogen-bond acceptors (Lipinski definition) is 2. The summed E-state index contributed by atoms with van der Waals surface area (Å²) in [6.07, 6.45) is 2.90. The van der Waals surface area contributed by atoms with Crippen LogP contribution in [0.5, 0.6) is 0 Å². The molecule has 0 spiro atoms. The summed E-state index contributed by atoms with van der Waals surface area (Å²) in [7, 11) is 0. The van der Waals surface area contributed by atoms with Gasteiger partial charge in [-0.15, -0.1) is 10.2 Å².